The molecule has 0 atom stereocenters. The number of carbonyl (C=O) groups is 1. The number of benzene rings is 3. The first-order valence-electron chi connectivity index (χ1n) is 13.7. The van der Waals surface area contributed by atoms with E-state index in [0.29, 0.717) is 12.3 Å². The highest BCUT2D eigenvalue weighted by atomic mass is 16.6. The molecule has 0 heterocycles. The van der Waals surface area contributed by atoms with Crippen LogP contribution in [0, 0.1) is 17.8 Å². The van der Waals surface area contributed by atoms with Crippen molar-refractivity contribution >= 4 is 16.9 Å². The van der Waals surface area contributed by atoms with E-state index in [1.165, 1.54) is 55.2 Å². The molecule has 4 bridgehead atoms. The van der Waals surface area contributed by atoms with Crippen LogP contribution in [-0.4, -0.2) is 45.3 Å². The lowest BCUT2D eigenvalue weighted by atomic mass is 9.48. The molecule has 5 heteroatoms. The lowest BCUT2D eigenvalue weighted by molar-refractivity contribution is -0.00613. The maximum absolute atomic E-state index is 12.1. The number of rotatable bonds is 7. The second-order valence-electron chi connectivity index (χ2n) is 12.0. The van der Waals surface area contributed by atoms with E-state index in [1.807, 2.05) is 44.3 Å². The molecule has 3 aromatic carbocycles. The molecule has 194 valence electrons. The highest BCUT2D eigenvalue weighted by molar-refractivity contribution is 5.89. The number of methoxy groups -OCH3 is 1. The van der Waals surface area contributed by atoms with Gasteiger partial charge in [0.1, 0.15) is 11.5 Å². The third kappa shape index (κ3) is 4.82. The fourth-order valence-electron chi connectivity index (χ4n) is 7.73. The van der Waals surface area contributed by atoms with Crippen LogP contribution in [0.5, 0.6) is 11.5 Å². The van der Waals surface area contributed by atoms with Gasteiger partial charge in [0.25, 0.3) is 0 Å². The van der Waals surface area contributed by atoms with Crippen LogP contribution in [0.2, 0.25) is 0 Å². The van der Waals surface area contributed by atoms with Crippen molar-refractivity contribution in [3.05, 3.63) is 60.2 Å². The largest absolute Gasteiger partial charge is 0.496 e. The van der Waals surface area contributed by atoms with Crippen molar-refractivity contribution in [1.29, 1.82) is 0 Å². The molecule has 4 aliphatic rings. The van der Waals surface area contributed by atoms with Gasteiger partial charge in [-0.25, -0.2) is 4.79 Å². The van der Waals surface area contributed by atoms with E-state index in [0.717, 1.165) is 40.8 Å². The van der Waals surface area contributed by atoms with Crippen molar-refractivity contribution in [2.24, 2.45) is 17.8 Å². The number of hydrogen-bond donors (Lipinski definition) is 1. The molecular weight excluding hydrogens is 460 g/mol. The number of ether oxygens (including phenoxy) is 2. The Bertz CT molecular complexity index is 1280. The smallest absolute Gasteiger partial charge is 0.412 e. The lowest BCUT2D eigenvalue weighted by Crippen LogP contribution is -2.48. The monoisotopic (exact) mass is 498 g/mol. The molecule has 0 radical (unpaired) electrons. The van der Waals surface area contributed by atoms with E-state index in [2.05, 4.69) is 41.7 Å². The Labute approximate surface area is 220 Å². The fraction of sp³-hybridized carbons (Fsp3) is 0.469. The minimum absolute atomic E-state index is 0.284. The van der Waals surface area contributed by atoms with Gasteiger partial charge in [-0.15, -0.1) is 0 Å². The maximum Gasteiger partial charge on any atom is 0.412 e. The minimum Gasteiger partial charge on any atom is -0.496 e. The number of amides is 1. The standard InChI is InChI=1S/C32H38N2O3/c1-34(2)11-10-33-31(35)37-28-8-6-25-15-24(4-5-26(25)16-28)27-7-9-30(36-3)29(17-27)32-18-21-12-22(19-32)14-23(13-21)20-32/h4-9,15-17,21-23H,10-14,18-20H2,1-3H3,(H,33,35). The number of fused-ring (bicyclic) bond motifs is 1. The molecule has 0 unspecified atom stereocenters. The van der Waals surface area contributed by atoms with E-state index < -0.39 is 6.09 Å². The van der Waals surface area contributed by atoms with Gasteiger partial charge in [0, 0.05) is 18.7 Å². The van der Waals surface area contributed by atoms with Gasteiger partial charge in [0.15, 0.2) is 0 Å². The topological polar surface area (TPSA) is 50.8 Å². The molecule has 5 nitrogen and oxygen atoms in total. The fourth-order valence-corrected chi connectivity index (χ4v) is 7.73. The minimum atomic E-state index is -0.423. The van der Waals surface area contributed by atoms with E-state index >= 15 is 0 Å². The maximum atomic E-state index is 12.1. The zero-order valence-corrected chi connectivity index (χ0v) is 22.3. The van der Waals surface area contributed by atoms with E-state index in [9.17, 15) is 4.79 Å². The molecular formula is C32H38N2O3. The van der Waals surface area contributed by atoms with Crippen molar-refractivity contribution in [3.63, 3.8) is 0 Å². The van der Waals surface area contributed by atoms with Crippen LogP contribution in [0.25, 0.3) is 21.9 Å². The Morgan fingerprint density at radius 3 is 2.19 bits per heavy atom. The van der Waals surface area contributed by atoms with Gasteiger partial charge in [-0.2, -0.15) is 0 Å². The summed E-state index contributed by atoms with van der Waals surface area (Å²) in [4.78, 5) is 14.1. The van der Waals surface area contributed by atoms with Gasteiger partial charge in [0.05, 0.1) is 7.11 Å². The van der Waals surface area contributed by atoms with Crippen molar-refractivity contribution in [1.82, 2.24) is 10.2 Å². The first-order chi connectivity index (χ1) is 17.9. The number of carbonyl (C=O) groups excluding carboxylic acids is 1. The molecule has 0 aromatic heterocycles. The second kappa shape index (κ2) is 9.68. The molecule has 7 rings (SSSR count). The zero-order valence-electron chi connectivity index (χ0n) is 22.3. The Morgan fingerprint density at radius 2 is 1.51 bits per heavy atom. The van der Waals surface area contributed by atoms with Crippen LogP contribution in [0.1, 0.15) is 44.1 Å². The summed E-state index contributed by atoms with van der Waals surface area (Å²) in [5.74, 6) is 4.29. The molecule has 1 N–H and O–H groups in total. The van der Waals surface area contributed by atoms with Crippen LogP contribution in [0.4, 0.5) is 4.79 Å². The Kier molecular flexibility index (Phi) is 6.36. The van der Waals surface area contributed by atoms with Gasteiger partial charge in [0.2, 0.25) is 0 Å². The van der Waals surface area contributed by atoms with E-state index in [1.54, 1.807) is 0 Å². The van der Waals surface area contributed by atoms with Gasteiger partial charge in [-0.05, 0) is 128 Å². The highest BCUT2D eigenvalue weighted by Gasteiger charge is 2.52. The predicted octanol–water partition coefficient (Wildman–Crippen LogP) is 6.63. The molecule has 0 aliphatic heterocycles. The number of nitrogens with zero attached hydrogens (tertiary/aromatic N) is 1. The molecule has 1 amide bonds. The quantitative estimate of drug-likeness (QED) is 0.397. The molecule has 3 aromatic rings. The van der Waals surface area contributed by atoms with Crippen LogP contribution >= 0.6 is 0 Å². The summed E-state index contributed by atoms with van der Waals surface area (Å²) >= 11 is 0. The van der Waals surface area contributed by atoms with Gasteiger partial charge in [-0.3, -0.25) is 0 Å². The van der Waals surface area contributed by atoms with Crippen LogP contribution in [-0.2, 0) is 5.41 Å². The van der Waals surface area contributed by atoms with Crippen LogP contribution in [0.3, 0.4) is 0 Å². The van der Waals surface area contributed by atoms with Crippen LogP contribution in [0.15, 0.2) is 54.6 Å². The molecule has 4 fully saturated rings. The molecule has 0 spiro atoms. The Morgan fingerprint density at radius 1 is 0.892 bits per heavy atom. The summed E-state index contributed by atoms with van der Waals surface area (Å²) in [7, 11) is 5.76. The number of nitrogens with one attached hydrogen (secondary N) is 1. The zero-order chi connectivity index (χ0) is 25.6. The molecule has 0 saturated heterocycles. The Balaban J connectivity index is 1.25. The van der Waals surface area contributed by atoms with Crippen molar-refractivity contribution in [3.8, 4) is 22.6 Å². The number of hydrogen-bond acceptors (Lipinski definition) is 4. The third-order valence-corrected chi connectivity index (χ3v) is 8.99. The van der Waals surface area contributed by atoms with E-state index in [4.69, 9.17) is 9.47 Å². The van der Waals surface area contributed by atoms with E-state index in [-0.39, 0.29) is 5.41 Å². The molecule has 4 aliphatic carbocycles. The summed E-state index contributed by atoms with van der Waals surface area (Å²) in [5, 5.41) is 4.97. The average Bonchev–Trinajstić information content (AvgIpc) is 2.87. The molecule has 37 heavy (non-hydrogen) atoms. The van der Waals surface area contributed by atoms with Crippen LogP contribution < -0.4 is 14.8 Å². The normalized spacial score (nSPS) is 26.0. The average molecular weight is 499 g/mol. The van der Waals surface area contributed by atoms with Crippen molar-refractivity contribution in [2.45, 2.75) is 43.9 Å². The predicted molar refractivity (Wildman–Crippen MR) is 148 cm³/mol. The second-order valence-corrected chi connectivity index (χ2v) is 12.0. The summed E-state index contributed by atoms with van der Waals surface area (Å²) in [6.07, 6.45) is 7.86. The van der Waals surface area contributed by atoms with Gasteiger partial charge < -0.3 is 19.7 Å². The number of likely N-dealkylation sites (N-methyl/N-ethyl adjacent to an activating group) is 1. The van der Waals surface area contributed by atoms with Gasteiger partial charge >= 0.3 is 6.09 Å². The van der Waals surface area contributed by atoms with Gasteiger partial charge in [-0.1, -0.05) is 24.3 Å². The summed E-state index contributed by atoms with van der Waals surface area (Å²) in [6, 6.07) is 19.2. The highest BCUT2D eigenvalue weighted by Crippen LogP contribution is 2.62. The summed E-state index contributed by atoms with van der Waals surface area (Å²) in [5.41, 5.74) is 4.16. The third-order valence-electron chi connectivity index (χ3n) is 8.99. The summed E-state index contributed by atoms with van der Waals surface area (Å²) < 4.78 is 11.4. The first kappa shape index (κ1) is 24.3. The van der Waals surface area contributed by atoms with Crippen molar-refractivity contribution in [2.75, 3.05) is 34.3 Å². The molecule has 4 saturated carbocycles. The summed E-state index contributed by atoms with van der Waals surface area (Å²) in [6.45, 7) is 1.32. The Hall–Kier alpha value is -3.05. The van der Waals surface area contributed by atoms with Crippen molar-refractivity contribution < 1.29 is 14.3 Å². The first-order valence-corrected chi connectivity index (χ1v) is 13.7. The lowest BCUT2D eigenvalue weighted by Gasteiger charge is -2.57. The SMILES string of the molecule is COc1ccc(-c2ccc3cc(OC(=O)NCCN(C)C)ccc3c2)cc1C12CC3CC(CC(C3)C1)C2.